The lowest BCUT2D eigenvalue weighted by molar-refractivity contribution is -0.133. The summed E-state index contributed by atoms with van der Waals surface area (Å²) in [6.45, 7) is 6.79. The number of rotatable bonds is 2. The van der Waals surface area contributed by atoms with Crippen LogP contribution in [0.25, 0.3) is 10.9 Å². The number of amides is 1. The summed E-state index contributed by atoms with van der Waals surface area (Å²) in [4.78, 5) is 31.7. The Bertz CT molecular complexity index is 802. The van der Waals surface area contributed by atoms with Crippen LogP contribution < -0.4 is 5.56 Å². The monoisotopic (exact) mass is 331 g/mol. The van der Waals surface area contributed by atoms with Gasteiger partial charge in [0.05, 0.1) is 10.9 Å². The van der Waals surface area contributed by atoms with E-state index in [1.54, 1.807) is 13.0 Å². The Hall–Kier alpha value is -1.82. The predicted molar refractivity (Wildman–Crippen MR) is 93.8 cm³/mol. The number of fused-ring (bicyclic) bond motifs is 1. The molecular formula is C17H21N3O2S. The molecule has 0 saturated carbocycles. The lowest BCUT2D eigenvalue weighted by Gasteiger charge is -2.37. The molecule has 2 aromatic rings. The Morgan fingerprint density at radius 2 is 2.09 bits per heavy atom. The van der Waals surface area contributed by atoms with Crippen LogP contribution in [-0.4, -0.2) is 43.9 Å². The Morgan fingerprint density at radius 3 is 2.87 bits per heavy atom. The number of carbonyl (C=O) groups excluding carboxylic acids is 1. The molecule has 1 fully saturated rings. The van der Waals surface area contributed by atoms with E-state index in [0.717, 1.165) is 12.3 Å². The highest BCUT2D eigenvalue weighted by Crippen LogP contribution is 2.24. The maximum Gasteiger partial charge on any atom is 0.261 e. The van der Waals surface area contributed by atoms with Gasteiger partial charge in [-0.25, -0.2) is 4.98 Å². The van der Waals surface area contributed by atoms with Crippen LogP contribution >= 0.6 is 11.8 Å². The summed E-state index contributed by atoms with van der Waals surface area (Å²) in [6.07, 6.45) is 0. The molecule has 1 aromatic carbocycles. The van der Waals surface area contributed by atoms with Gasteiger partial charge in [-0.1, -0.05) is 19.1 Å². The summed E-state index contributed by atoms with van der Waals surface area (Å²) in [5.41, 5.74) is 0.531. The number of thioether (sulfide) groups is 1. The van der Waals surface area contributed by atoms with E-state index in [2.05, 4.69) is 18.8 Å². The van der Waals surface area contributed by atoms with E-state index in [-0.39, 0.29) is 24.1 Å². The van der Waals surface area contributed by atoms with Crippen LogP contribution in [0.15, 0.2) is 29.1 Å². The Kier molecular flexibility index (Phi) is 4.43. The van der Waals surface area contributed by atoms with Gasteiger partial charge in [-0.15, -0.1) is 0 Å². The topological polar surface area (TPSA) is 55.2 Å². The highest BCUT2D eigenvalue weighted by molar-refractivity contribution is 8.00. The summed E-state index contributed by atoms with van der Waals surface area (Å²) in [5, 5.41) is 0.974. The van der Waals surface area contributed by atoms with Crippen molar-refractivity contribution >= 4 is 28.6 Å². The number of benzene rings is 1. The van der Waals surface area contributed by atoms with Crippen molar-refractivity contribution < 1.29 is 4.79 Å². The summed E-state index contributed by atoms with van der Waals surface area (Å²) in [7, 11) is 0. The van der Waals surface area contributed by atoms with Gasteiger partial charge in [0.2, 0.25) is 5.91 Å². The van der Waals surface area contributed by atoms with E-state index in [1.165, 1.54) is 4.57 Å². The average Bonchev–Trinajstić information content (AvgIpc) is 2.54. The zero-order chi connectivity index (χ0) is 16.6. The molecule has 122 valence electrons. The van der Waals surface area contributed by atoms with Gasteiger partial charge in [0.1, 0.15) is 12.4 Å². The molecule has 0 unspecified atom stereocenters. The van der Waals surface area contributed by atoms with Crippen LogP contribution in [0.5, 0.6) is 0 Å². The van der Waals surface area contributed by atoms with Gasteiger partial charge in [0, 0.05) is 23.6 Å². The number of carbonyl (C=O) groups is 1. The number of nitrogens with zero attached hydrogens (tertiary/aromatic N) is 3. The largest absolute Gasteiger partial charge is 0.337 e. The first-order valence-electron chi connectivity index (χ1n) is 7.86. The first kappa shape index (κ1) is 16.1. The summed E-state index contributed by atoms with van der Waals surface area (Å²) in [5.74, 6) is 1.52. The van der Waals surface area contributed by atoms with Crippen molar-refractivity contribution in [2.75, 3.05) is 12.3 Å². The molecule has 0 aliphatic carbocycles. The van der Waals surface area contributed by atoms with Gasteiger partial charge < -0.3 is 4.90 Å². The molecule has 1 aliphatic heterocycles. The summed E-state index contributed by atoms with van der Waals surface area (Å²) < 4.78 is 1.49. The third kappa shape index (κ3) is 3.00. The predicted octanol–water partition coefficient (Wildman–Crippen LogP) is 2.06. The molecule has 6 heteroatoms. The molecule has 23 heavy (non-hydrogen) atoms. The van der Waals surface area contributed by atoms with Gasteiger partial charge in [0.15, 0.2) is 0 Å². The second kappa shape index (κ2) is 6.35. The lowest BCUT2D eigenvalue weighted by Crippen LogP contribution is -2.49. The fourth-order valence-electron chi connectivity index (χ4n) is 2.98. The third-order valence-electron chi connectivity index (χ3n) is 4.55. The molecule has 0 radical (unpaired) electrons. The minimum atomic E-state index is -0.145. The Balaban J connectivity index is 1.92. The molecule has 0 N–H and O–H groups in total. The number of aromatic nitrogens is 2. The van der Waals surface area contributed by atoms with Crippen molar-refractivity contribution in [3.63, 3.8) is 0 Å². The minimum Gasteiger partial charge on any atom is -0.337 e. The molecule has 3 rings (SSSR count). The second-order valence-electron chi connectivity index (χ2n) is 5.97. The van der Waals surface area contributed by atoms with E-state index >= 15 is 0 Å². The molecule has 0 spiro atoms. The van der Waals surface area contributed by atoms with E-state index in [1.807, 2.05) is 34.9 Å². The molecule has 1 aromatic heterocycles. The van der Waals surface area contributed by atoms with Crippen molar-refractivity contribution in [2.24, 2.45) is 0 Å². The quantitative estimate of drug-likeness (QED) is 0.845. The average molecular weight is 331 g/mol. The highest BCUT2D eigenvalue weighted by atomic mass is 32.2. The van der Waals surface area contributed by atoms with Crippen molar-refractivity contribution in [3.8, 4) is 0 Å². The van der Waals surface area contributed by atoms with Crippen molar-refractivity contribution in [2.45, 2.75) is 38.6 Å². The van der Waals surface area contributed by atoms with E-state index < -0.39 is 0 Å². The molecule has 0 bridgehead atoms. The van der Waals surface area contributed by atoms with Crippen LogP contribution in [0.1, 0.15) is 19.7 Å². The Labute approximate surface area is 139 Å². The van der Waals surface area contributed by atoms with Gasteiger partial charge in [0.25, 0.3) is 5.56 Å². The standard InChI is InChI=1S/C17H21N3O2S/c1-11-12(2)23-9-8-19(11)16(21)10-20-13(3)18-15-7-5-4-6-14(15)17(20)22/h4-7,11-12H,8-10H2,1-3H3/t11-,12-/m1/s1. The molecule has 2 atom stereocenters. The van der Waals surface area contributed by atoms with Crippen molar-refractivity contribution in [1.29, 1.82) is 0 Å². The summed E-state index contributed by atoms with van der Waals surface area (Å²) >= 11 is 1.89. The number of aryl methyl sites for hydroxylation is 1. The van der Waals surface area contributed by atoms with E-state index in [4.69, 9.17) is 0 Å². The number of hydrogen-bond donors (Lipinski definition) is 0. The van der Waals surface area contributed by atoms with Gasteiger partial charge >= 0.3 is 0 Å². The smallest absolute Gasteiger partial charge is 0.261 e. The zero-order valence-electron chi connectivity index (χ0n) is 13.7. The van der Waals surface area contributed by atoms with Gasteiger partial charge in [-0.3, -0.25) is 14.2 Å². The molecule has 1 saturated heterocycles. The molecular weight excluding hydrogens is 310 g/mol. The summed E-state index contributed by atoms with van der Waals surface area (Å²) in [6, 6.07) is 7.44. The van der Waals surface area contributed by atoms with Crippen LogP contribution in [-0.2, 0) is 11.3 Å². The van der Waals surface area contributed by atoms with Crippen LogP contribution in [0.4, 0.5) is 0 Å². The third-order valence-corrected chi connectivity index (χ3v) is 5.89. The number of para-hydroxylation sites is 1. The van der Waals surface area contributed by atoms with Gasteiger partial charge in [-0.2, -0.15) is 11.8 Å². The zero-order valence-corrected chi connectivity index (χ0v) is 14.5. The minimum absolute atomic E-state index is 0.00747. The lowest BCUT2D eigenvalue weighted by atomic mass is 10.2. The maximum atomic E-state index is 12.7. The fraction of sp³-hybridized carbons (Fsp3) is 0.471. The fourth-order valence-corrected chi connectivity index (χ4v) is 4.08. The van der Waals surface area contributed by atoms with Crippen LogP contribution in [0.2, 0.25) is 0 Å². The van der Waals surface area contributed by atoms with Crippen molar-refractivity contribution in [1.82, 2.24) is 14.5 Å². The van der Waals surface area contributed by atoms with Crippen molar-refractivity contribution in [3.05, 3.63) is 40.4 Å². The highest BCUT2D eigenvalue weighted by Gasteiger charge is 2.29. The second-order valence-corrected chi connectivity index (χ2v) is 7.46. The van der Waals surface area contributed by atoms with E-state index in [0.29, 0.717) is 22.0 Å². The maximum absolute atomic E-state index is 12.7. The van der Waals surface area contributed by atoms with Crippen LogP contribution in [0.3, 0.4) is 0 Å². The van der Waals surface area contributed by atoms with Gasteiger partial charge in [-0.05, 0) is 26.0 Å². The molecule has 2 heterocycles. The first-order chi connectivity index (χ1) is 11.0. The SMILES string of the molecule is Cc1nc2ccccc2c(=O)n1CC(=O)N1CCS[C@H](C)[C@H]1C. The Morgan fingerprint density at radius 1 is 1.35 bits per heavy atom. The number of hydrogen-bond acceptors (Lipinski definition) is 4. The molecule has 5 nitrogen and oxygen atoms in total. The normalized spacial score (nSPS) is 21.6. The van der Waals surface area contributed by atoms with Crippen LogP contribution in [0, 0.1) is 6.92 Å². The van der Waals surface area contributed by atoms with E-state index in [9.17, 15) is 9.59 Å². The molecule has 1 aliphatic rings. The first-order valence-corrected chi connectivity index (χ1v) is 8.91. The molecule has 1 amide bonds.